The Hall–Kier alpha value is -2.12. The number of nitrogens with two attached hydrogens (primary N) is 1. The average molecular weight is 312 g/mol. The molecule has 0 spiro atoms. The lowest BCUT2D eigenvalue weighted by Crippen LogP contribution is -2.09. The molecular weight excluding hydrogens is 302 g/mol. The maximum Gasteiger partial charge on any atom is 0.271 e. The highest BCUT2D eigenvalue weighted by Crippen LogP contribution is 2.27. The van der Waals surface area contributed by atoms with E-state index < -0.39 is 10.8 Å². The van der Waals surface area contributed by atoms with E-state index in [9.17, 15) is 14.9 Å². The Kier molecular flexibility index (Phi) is 4.21. The molecule has 1 heterocycles. The van der Waals surface area contributed by atoms with Crippen LogP contribution in [-0.4, -0.2) is 10.8 Å². The number of rotatable bonds is 5. The SMILES string of the molecule is NC(=O)c1csc(CNc2ccc([N+](=O)[O-])cc2Cl)c1. The van der Waals surface area contributed by atoms with Gasteiger partial charge in [-0.15, -0.1) is 11.3 Å². The fraction of sp³-hybridized carbons (Fsp3) is 0.0833. The standard InChI is InChI=1S/C12H10ClN3O3S/c13-10-4-8(16(18)19)1-2-11(10)15-5-9-3-7(6-20-9)12(14)17/h1-4,6,15H,5H2,(H2,14,17). The van der Waals surface area contributed by atoms with E-state index in [4.69, 9.17) is 17.3 Å². The van der Waals surface area contributed by atoms with Gasteiger partial charge in [0.05, 0.1) is 21.2 Å². The first-order chi connectivity index (χ1) is 9.47. The molecular formula is C12H10ClN3O3S. The van der Waals surface area contributed by atoms with E-state index in [0.29, 0.717) is 17.8 Å². The van der Waals surface area contributed by atoms with Crippen molar-refractivity contribution in [1.29, 1.82) is 0 Å². The van der Waals surface area contributed by atoms with Crippen molar-refractivity contribution in [3.05, 3.63) is 55.2 Å². The van der Waals surface area contributed by atoms with Gasteiger partial charge in [-0.2, -0.15) is 0 Å². The predicted molar refractivity (Wildman–Crippen MR) is 78.3 cm³/mol. The predicted octanol–water partition coefficient (Wildman–Crippen LogP) is 3.02. The zero-order valence-corrected chi connectivity index (χ0v) is 11.7. The zero-order chi connectivity index (χ0) is 14.7. The zero-order valence-electron chi connectivity index (χ0n) is 10.1. The van der Waals surface area contributed by atoms with Crippen LogP contribution in [0.25, 0.3) is 0 Å². The Bertz CT molecular complexity index is 672. The van der Waals surface area contributed by atoms with Gasteiger partial charge in [0.15, 0.2) is 0 Å². The van der Waals surface area contributed by atoms with Gasteiger partial charge in [-0.1, -0.05) is 11.6 Å². The Labute approximate surface area is 123 Å². The van der Waals surface area contributed by atoms with Crippen LogP contribution in [0.3, 0.4) is 0 Å². The number of nitro groups is 1. The van der Waals surface area contributed by atoms with Crippen molar-refractivity contribution in [1.82, 2.24) is 0 Å². The highest BCUT2D eigenvalue weighted by Gasteiger charge is 2.10. The number of carbonyl (C=O) groups is 1. The molecule has 2 aromatic rings. The number of thiophene rings is 1. The Morgan fingerprint density at radius 3 is 2.75 bits per heavy atom. The molecule has 0 aliphatic rings. The molecule has 6 nitrogen and oxygen atoms in total. The molecule has 1 aromatic heterocycles. The molecule has 1 aromatic carbocycles. The van der Waals surface area contributed by atoms with Gasteiger partial charge in [-0.25, -0.2) is 0 Å². The minimum absolute atomic E-state index is 0.0623. The van der Waals surface area contributed by atoms with Gasteiger partial charge in [0.1, 0.15) is 0 Å². The van der Waals surface area contributed by atoms with E-state index in [1.165, 1.54) is 23.5 Å². The summed E-state index contributed by atoms with van der Waals surface area (Å²) in [6.07, 6.45) is 0. The molecule has 0 saturated heterocycles. The number of hydrogen-bond acceptors (Lipinski definition) is 5. The molecule has 0 saturated carbocycles. The Balaban J connectivity index is 2.06. The molecule has 0 unspecified atom stereocenters. The van der Waals surface area contributed by atoms with Crippen LogP contribution in [0, 0.1) is 10.1 Å². The molecule has 0 radical (unpaired) electrons. The highest BCUT2D eigenvalue weighted by atomic mass is 35.5. The van der Waals surface area contributed by atoms with Crippen molar-refractivity contribution in [3.63, 3.8) is 0 Å². The minimum atomic E-state index is -0.506. The molecule has 0 atom stereocenters. The lowest BCUT2D eigenvalue weighted by atomic mass is 10.2. The third-order valence-corrected chi connectivity index (χ3v) is 3.80. The molecule has 8 heteroatoms. The first-order valence-electron chi connectivity index (χ1n) is 5.52. The highest BCUT2D eigenvalue weighted by molar-refractivity contribution is 7.10. The van der Waals surface area contributed by atoms with Gasteiger partial charge in [0.2, 0.25) is 5.91 Å². The fourth-order valence-corrected chi connectivity index (χ4v) is 2.60. The number of primary amides is 1. The first kappa shape index (κ1) is 14.3. The van der Waals surface area contributed by atoms with Crippen LogP contribution in [-0.2, 0) is 6.54 Å². The summed E-state index contributed by atoms with van der Waals surface area (Å²) in [6.45, 7) is 0.454. The normalized spacial score (nSPS) is 10.2. The van der Waals surface area contributed by atoms with Crippen molar-refractivity contribution < 1.29 is 9.72 Å². The molecule has 0 aliphatic carbocycles. The number of nitrogens with one attached hydrogen (secondary N) is 1. The van der Waals surface area contributed by atoms with E-state index in [-0.39, 0.29) is 10.7 Å². The van der Waals surface area contributed by atoms with Crippen molar-refractivity contribution in [2.24, 2.45) is 5.73 Å². The molecule has 104 valence electrons. The molecule has 0 bridgehead atoms. The number of nitro benzene ring substituents is 1. The number of non-ortho nitro benzene ring substituents is 1. The Morgan fingerprint density at radius 1 is 1.45 bits per heavy atom. The lowest BCUT2D eigenvalue weighted by molar-refractivity contribution is -0.384. The number of halogens is 1. The van der Waals surface area contributed by atoms with Gasteiger partial charge in [0.25, 0.3) is 5.69 Å². The first-order valence-corrected chi connectivity index (χ1v) is 6.78. The number of hydrogen-bond donors (Lipinski definition) is 2. The summed E-state index contributed by atoms with van der Waals surface area (Å²) in [5, 5.41) is 15.6. The third kappa shape index (κ3) is 3.25. The van der Waals surface area contributed by atoms with Crippen LogP contribution in [0.5, 0.6) is 0 Å². The molecule has 1 amide bonds. The topological polar surface area (TPSA) is 98.3 Å². The van der Waals surface area contributed by atoms with Crippen LogP contribution in [0.2, 0.25) is 5.02 Å². The average Bonchev–Trinajstić information content (AvgIpc) is 2.86. The monoisotopic (exact) mass is 311 g/mol. The lowest BCUT2D eigenvalue weighted by Gasteiger charge is -2.06. The molecule has 0 aliphatic heterocycles. The summed E-state index contributed by atoms with van der Waals surface area (Å²) in [7, 11) is 0. The van der Waals surface area contributed by atoms with E-state index in [2.05, 4.69) is 5.32 Å². The van der Waals surface area contributed by atoms with E-state index in [0.717, 1.165) is 4.88 Å². The number of anilines is 1. The maximum absolute atomic E-state index is 11.0. The molecule has 2 rings (SSSR count). The van der Waals surface area contributed by atoms with Crippen LogP contribution in [0.1, 0.15) is 15.2 Å². The Morgan fingerprint density at radius 2 is 2.20 bits per heavy atom. The largest absolute Gasteiger partial charge is 0.379 e. The second kappa shape index (κ2) is 5.89. The van der Waals surface area contributed by atoms with Crippen LogP contribution >= 0.6 is 22.9 Å². The molecule has 0 fully saturated rings. The fourth-order valence-electron chi connectivity index (χ4n) is 1.55. The van der Waals surface area contributed by atoms with E-state index in [1.807, 2.05) is 0 Å². The second-order valence-corrected chi connectivity index (χ2v) is 5.34. The van der Waals surface area contributed by atoms with Gasteiger partial charge in [-0.05, 0) is 12.1 Å². The summed E-state index contributed by atoms with van der Waals surface area (Å²) in [5.74, 6) is -0.471. The van der Waals surface area contributed by atoms with Crippen LogP contribution < -0.4 is 11.1 Å². The van der Waals surface area contributed by atoms with E-state index >= 15 is 0 Å². The van der Waals surface area contributed by atoms with Crippen molar-refractivity contribution in [2.45, 2.75) is 6.54 Å². The van der Waals surface area contributed by atoms with Crippen molar-refractivity contribution in [3.8, 4) is 0 Å². The number of amides is 1. The third-order valence-electron chi connectivity index (χ3n) is 2.55. The quantitative estimate of drug-likeness (QED) is 0.655. The van der Waals surface area contributed by atoms with Crippen LogP contribution in [0.15, 0.2) is 29.6 Å². The summed E-state index contributed by atoms with van der Waals surface area (Å²) < 4.78 is 0. The number of carbonyl (C=O) groups excluding carboxylic acids is 1. The van der Waals surface area contributed by atoms with E-state index in [1.54, 1.807) is 17.5 Å². The van der Waals surface area contributed by atoms with Gasteiger partial charge in [-0.3, -0.25) is 14.9 Å². The van der Waals surface area contributed by atoms with Gasteiger partial charge >= 0.3 is 0 Å². The van der Waals surface area contributed by atoms with Gasteiger partial charge in [0, 0.05) is 28.9 Å². The van der Waals surface area contributed by atoms with Crippen molar-refractivity contribution >= 4 is 40.2 Å². The smallest absolute Gasteiger partial charge is 0.271 e. The van der Waals surface area contributed by atoms with Crippen LogP contribution in [0.4, 0.5) is 11.4 Å². The molecule has 20 heavy (non-hydrogen) atoms. The maximum atomic E-state index is 11.0. The van der Waals surface area contributed by atoms with Crippen molar-refractivity contribution in [2.75, 3.05) is 5.32 Å². The minimum Gasteiger partial charge on any atom is -0.379 e. The number of nitrogens with zero attached hydrogens (tertiary/aromatic N) is 1. The summed E-state index contributed by atoms with van der Waals surface area (Å²) in [4.78, 5) is 22.0. The summed E-state index contributed by atoms with van der Waals surface area (Å²) >= 11 is 7.35. The van der Waals surface area contributed by atoms with Gasteiger partial charge < -0.3 is 11.1 Å². The summed E-state index contributed by atoms with van der Waals surface area (Å²) in [5.41, 5.74) is 6.15. The second-order valence-electron chi connectivity index (χ2n) is 3.94. The number of benzene rings is 1. The molecule has 3 N–H and O–H groups in total. The summed E-state index contributed by atoms with van der Waals surface area (Å²) in [6, 6.07) is 5.90.